The summed E-state index contributed by atoms with van der Waals surface area (Å²) in [5.74, 6) is 0. The molecule has 0 aromatic heterocycles. The molecule has 0 aliphatic heterocycles. The Bertz CT molecular complexity index is 871. The second kappa shape index (κ2) is 10.0. The summed E-state index contributed by atoms with van der Waals surface area (Å²) >= 11 is 0. The lowest BCUT2D eigenvalue weighted by molar-refractivity contribution is 0.0839. The van der Waals surface area contributed by atoms with Crippen molar-refractivity contribution >= 4 is 23.2 Å². The number of hydrogen-bond donors (Lipinski definition) is 1. The molecule has 0 atom stereocenters. The van der Waals surface area contributed by atoms with Crippen LogP contribution in [0, 0.1) is 0 Å². The van der Waals surface area contributed by atoms with Gasteiger partial charge < -0.3 is 5.11 Å². The third-order valence-corrected chi connectivity index (χ3v) is 9.55. The molecule has 0 amide bonds. The average Bonchev–Trinajstić information content (AvgIpc) is 2.76. The third kappa shape index (κ3) is 5.57. The van der Waals surface area contributed by atoms with E-state index in [1.165, 1.54) is 21.5 Å². The maximum Gasteiger partial charge on any atom is 0.115 e. The van der Waals surface area contributed by atoms with Crippen LogP contribution in [0.1, 0.15) is 27.2 Å². The quantitative estimate of drug-likeness (QED) is 0.373. The molecule has 0 radical (unpaired) electrons. The topological polar surface area (TPSA) is 20.2 Å². The predicted molar refractivity (Wildman–Crippen MR) is 134 cm³/mol. The van der Waals surface area contributed by atoms with Crippen LogP contribution in [0.25, 0.3) is 0 Å². The summed E-state index contributed by atoms with van der Waals surface area (Å²) in [6.07, 6.45) is 8.17. The zero-order valence-electron chi connectivity index (χ0n) is 18.2. The van der Waals surface area contributed by atoms with E-state index >= 15 is 0 Å². The Morgan fingerprint density at radius 1 is 0.767 bits per heavy atom. The third-order valence-electron chi connectivity index (χ3n) is 5.28. The highest BCUT2D eigenvalue weighted by atomic mass is 31.2. The van der Waals surface area contributed by atoms with Crippen molar-refractivity contribution in [3.8, 4) is 0 Å². The number of hydrogen-bond acceptors (Lipinski definition) is 1. The minimum Gasteiger partial charge on any atom is -0.390 e. The first-order valence-electron chi connectivity index (χ1n) is 10.5. The first-order chi connectivity index (χ1) is 14.4. The lowest BCUT2D eigenvalue weighted by atomic mass is 10.1. The molecule has 2 heteroatoms. The molecule has 1 N–H and O–H groups in total. The van der Waals surface area contributed by atoms with Gasteiger partial charge in [0.1, 0.15) is 23.2 Å². The highest BCUT2D eigenvalue weighted by molar-refractivity contribution is 7.95. The summed E-state index contributed by atoms with van der Waals surface area (Å²) in [5.41, 5.74) is 0.553. The van der Waals surface area contributed by atoms with E-state index in [1.807, 2.05) is 13.8 Å². The molecule has 3 rings (SSSR count). The van der Waals surface area contributed by atoms with Gasteiger partial charge in [-0.3, -0.25) is 0 Å². The van der Waals surface area contributed by atoms with Crippen molar-refractivity contribution in [1.29, 1.82) is 0 Å². The maximum absolute atomic E-state index is 9.97. The first kappa shape index (κ1) is 22.2. The Morgan fingerprint density at radius 3 is 1.53 bits per heavy atom. The molecule has 1 nitrogen and oxygen atoms in total. The van der Waals surface area contributed by atoms with Gasteiger partial charge in [0.05, 0.1) is 11.8 Å². The smallest absolute Gasteiger partial charge is 0.115 e. The van der Waals surface area contributed by atoms with Crippen LogP contribution in [0.4, 0.5) is 0 Å². The molecule has 30 heavy (non-hydrogen) atoms. The van der Waals surface area contributed by atoms with E-state index in [9.17, 15) is 5.11 Å². The van der Waals surface area contributed by atoms with E-state index in [2.05, 4.69) is 116 Å². The summed E-state index contributed by atoms with van der Waals surface area (Å²) in [6, 6.07) is 32.8. The van der Waals surface area contributed by atoms with Crippen LogP contribution in [0.3, 0.4) is 0 Å². The summed E-state index contributed by atoms with van der Waals surface area (Å²) in [5, 5.41) is 14.2. The fraction of sp³-hybridized carbons (Fsp3) is 0.214. The summed E-state index contributed by atoms with van der Waals surface area (Å²) < 4.78 is 0. The SMILES string of the molecule is CC(/C=C/CC(C)(C)O)=C\C[P+](c1ccccc1)(c1ccccc1)c1ccccc1. The largest absolute Gasteiger partial charge is 0.390 e. The Labute approximate surface area is 182 Å². The summed E-state index contributed by atoms with van der Waals surface area (Å²) in [6.45, 7) is 5.83. The van der Waals surface area contributed by atoms with Crippen LogP contribution < -0.4 is 15.9 Å². The predicted octanol–water partition coefficient (Wildman–Crippen LogP) is 5.64. The van der Waals surface area contributed by atoms with Crippen molar-refractivity contribution in [2.75, 3.05) is 6.16 Å². The van der Waals surface area contributed by atoms with Crippen LogP contribution in [0.15, 0.2) is 115 Å². The number of rotatable bonds is 8. The minimum absolute atomic E-state index is 0.647. The minimum atomic E-state index is -1.83. The van der Waals surface area contributed by atoms with Crippen molar-refractivity contribution in [3.05, 3.63) is 115 Å². The molecule has 0 aliphatic carbocycles. The van der Waals surface area contributed by atoms with Crippen molar-refractivity contribution in [2.45, 2.75) is 32.8 Å². The van der Waals surface area contributed by atoms with Gasteiger partial charge in [0.15, 0.2) is 0 Å². The molecule has 0 saturated heterocycles. The highest BCUT2D eigenvalue weighted by Gasteiger charge is 2.44. The average molecular weight is 416 g/mol. The van der Waals surface area contributed by atoms with Crippen LogP contribution in [-0.4, -0.2) is 16.9 Å². The molecular weight excluding hydrogens is 383 g/mol. The molecule has 0 spiro atoms. The molecule has 0 heterocycles. The fourth-order valence-corrected chi connectivity index (χ4v) is 7.83. The van der Waals surface area contributed by atoms with Gasteiger partial charge in [0, 0.05) is 0 Å². The normalized spacial score (nSPS) is 13.0. The van der Waals surface area contributed by atoms with E-state index in [0.29, 0.717) is 6.42 Å². The molecule has 154 valence electrons. The Balaban J connectivity index is 2.09. The first-order valence-corrected chi connectivity index (χ1v) is 12.5. The fourth-order valence-electron chi connectivity index (χ4n) is 3.69. The van der Waals surface area contributed by atoms with Gasteiger partial charge in [-0.25, -0.2) is 0 Å². The number of allylic oxidation sites excluding steroid dienone is 3. The van der Waals surface area contributed by atoms with Gasteiger partial charge in [-0.2, -0.15) is 0 Å². The lowest BCUT2D eigenvalue weighted by Gasteiger charge is -2.26. The van der Waals surface area contributed by atoms with E-state index in [-0.39, 0.29) is 0 Å². The molecule has 0 fully saturated rings. The van der Waals surface area contributed by atoms with E-state index in [1.54, 1.807) is 0 Å². The van der Waals surface area contributed by atoms with Gasteiger partial charge in [0.25, 0.3) is 0 Å². The monoisotopic (exact) mass is 415 g/mol. The number of aliphatic hydroxyl groups is 1. The molecule has 0 aliphatic rings. The van der Waals surface area contributed by atoms with Gasteiger partial charge in [0.2, 0.25) is 0 Å². The Morgan fingerprint density at radius 2 is 1.17 bits per heavy atom. The van der Waals surface area contributed by atoms with Gasteiger partial charge in [-0.05, 0) is 69.7 Å². The maximum atomic E-state index is 9.97. The van der Waals surface area contributed by atoms with E-state index in [4.69, 9.17) is 0 Å². The number of benzene rings is 3. The Kier molecular flexibility index (Phi) is 7.43. The van der Waals surface area contributed by atoms with Crippen LogP contribution in [0.5, 0.6) is 0 Å². The highest BCUT2D eigenvalue weighted by Crippen LogP contribution is 2.55. The van der Waals surface area contributed by atoms with Gasteiger partial charge in [-0.1, -0.05) is 72.3 Å². The van der Waals surface area contributed by atoms with Crippen LogP contribution in [-0.2, 0) is 0 Å². The molecular formula is C28H32OP+. The van der Waals surface area contributed by atoms with E-state index < -0.39 is 12.9 Å². The summed E-state index contributed by atoms with van der Waals surface area (Å²) in [4.78, 5) is 0. The molecule has 0 bridgehead atoms. The van der Waals surface area contributed by atoms with Crippen molar-refractivity contribution in [3.63, 3.8) is 0 Å². The van der Waals surface area contributed by atoms with Gasteiger partial charge in [-0.15, -0.1) is 0 Å². The summed E-state index contributed by atoms with van der Waals surface area (Å²) in [7, 11) is -1.83. The Hall–Kier alpha value is -2.47. The second-order valence-corrected chi connectivity index (χ2v) is 11.9. The van der Waals surface area contributed by atoms with E-state index in [0.717, 1.165) is 6.16 Å². The molecule has 0 saturated carbocycles. The zero-order chi connectivity index (χ0) is 21.5. The van der Waals surface area contributed by atoms with Crippen molar-refractivity contribution in [2.24, 2.45) is 0 Å². The lowest BCUT2D eigenvalue weighted by Crippen LogP contribution is -2.33. The van der Waals surface area contributed by atoms with Crippen molar-refractivity contribution in [1.82, 2.24) is 0 Å². The molecule has 3 aromatic carbocycles. The van der Waals surface area contributed by atoms with Crippen LogP contribution in [0.2, 0.25) is 0 Å². The molecule has 3 aromatic rings. The zero-order valence-corrected chi connectivity index (χ0v) is 19.1. The van der Waals surface area contributed by atoms with Gasteiger partial charge >= 0.3 is 0 Å². The second-order valence-electron chi connectivity index (χ2n) is 8.37. The standard InChI is InChI=1S/C28H32OP/c1-24(14-13-22-28(2,3)29)21-23-30(25-15-7-4-8-16-25,26-17-9-5-10-18-26)27-19-11-6-12-20-27/h4-21,29H,22-23H2,1-3H3/q+1/b14-13+,24-21+. The van der Waals surface area contributed by atoms with Crippen molar-refractivity contribution < 1.29 is 5.11 Å². The molecule has 0 unspecified atom stereocenters. The van der Waals surface area contributed by atoms with Crippen LogP contribution >= 0.6 is 7.26 Å².